The van der Waals surface area contributed by atoms with Gasteiger partial charge in [0.1, 0.15) is 5.65 Å². The van der Waals surface area contributed by atoms with Crippen molar-refractivity contribution in [1.82, 2.24) is 9.38 Å². The van der Waals surface area contributed by atoms with E-state index in [2.05, 4.69) is 20.9 Å². The van der Waals surface area contributed by atoms with Crippen molar-refractivity contribution in [2.24, 2.45) is 0 Å². The Hall–Kier alpha value is -2.21. The summed E-state index contributed by atoms with van der Waals surface area (Å²) in [4.78, 5) is 14.9. The second kappa shape index (κ2) is 4.72. The summed E-state index contributed by atoms with van der Waals surface area (Å²) in [6, 6.07) is 8.45. The van der Waals surface area contributed by atoms with E-state index in [1.54, 1.807) is 6.07 Å². The lowest BCUT2D eigenvalue weighted by Gasteiger charge is -1.98. The van der Waals surface area contributed by atoms with Gasteiger partial charge in [0, 0.05) is 34.6 Å². The number of halogens is 1. The number of aryl methyl sites for hydroxylation is 1. The van der Waals surface area contributed by atoms with E-state index in [-0.39, 0.29) is 5.69 Å². The van der Waals surface area contributed by atoms with Crippen molar-refractivity contribution in [3.8, 4) is 11.3 Å². The lowest BCUT2D eigenvalue weighted by molar-refractivity contribution is -0.384. The molecule has 0 saturated carbocycles. The third kappa shape index (κ3) is 2.18. The summed E-state index contributed by atoms with van der Waals surface area (Å²) in [6.07, 6.45) is 3.79. The third-order valence-corrected chi connectivity index (χ3v) is 3.92. The molecule has 0 radical (unpaired) electrons. The number of hydrogen-bond acceptors (Lipinski definition) is 3. The lowest BCUT2D eigenvalue weighted by atomic mass is 10.1. The largest absolute Gasteiger partial charge is 0.305 e. The minimum Gasteiger partial charge on any atom is -0.305 e. The maximum atomic E-state index is 10.8. The van der Waals surface area contributed by atoms with E-state index >= 15 is 0 Å². The summed E-state index contributed by atoms with van der Waals surface area (Å²) in [5.74, 6) is 0. The Bertz CT molecular complexity index is 787. The standard InChI is InChI=1S/C14H10BrN3O2/c1-9-5-14-16-13(8-17(14)7-12(9)15)10-3-2-4-11(6-10)18(19)20/h2-8H,1H3. The van der Waals surface area contributed by atoms with Gasteiger partial charge in [-0.2, -0.15) is 0 Å². The molecule has 2 aromatic heterocycles. The summed E-state index contributed by atoms with van der Waals surface area (Å²) in [5.41, 5.74) is 3.42. The number of hydrogen-bond donors (Lipinski definition) is 0. The molecule has 3 aromatic rings. The van der Waals surface area contributed by atoms with Gasteiger partial charge in [-0.1, -0.05) is 12.1 Å². The lowest BCUT2D eigenvalue weighted by Crippen LogP contribution is -1.87. The third-order valence-electron chi connectivity index (χ3n) is 3.09. The number of nitro groups is 1. The van der Waals surface area contributed by atoms with Crippen LogP contribution in [0.3, 0.4) is 0 Å². The van der Waals surface area contributed by atoms with Crippen molar-refractivity contribution in [3.63, 3.8) is 0 Å². The smallest absolute Gasteiger partial charge is 0.270 e. The van der Waals surface area contributed by atoms with Gasteiger partial charge in [0.15, 0.2) is 0 Å². The number of rotatable bonds is 2. The van der Waals surface area contributed by atoms with Crippen molar-refractivity contribution in [2.75, 3.05) is 0 Å². The van der Waals surface area contributed by atoms with Gasteiger partial charge in [-0.15, -0.1) is 0 Å². The summed E-state index contributed by atoms with van der Waals surface area (Å²) in [5, 5.41) is 10.8. The molecular formula is C14H10BrN3O2. The molecule has 20 heavy (non-hydrogen) atoms. The van der Waals surface area contributed by atoms with Crippen LogP contribution in [0.5, 0.6) is 0 Å². The van der Waals surface area contributed by atoms with Crippen molar-refractivity contribution in [3.05, 3.63) is 62.9 Å². The molecule has 0 bridgehead atoms. The zero-order valence-electron chi connectivity index (χ0n) is 10.6. The van der Waals surface area contributed by atoms with Crippen LogP contribution in [0.4, 0.5) is 5.69 Å². The summed E-state index contributed by atoms with van der Waals surface area (Å²) in [7, 11) is 0. The van der Waals surface area contributed by atoms with Gasteiger partial charge in [0.2, 0.25) is 0 Å². The van der Waals surface area contributed by atoms with E-state index in [9.17, 15) is 10.1 Å². The van der Waals surface area contributed by atoms with E-state index in [0.29, 0.717) is 5.69 Å². The maximum Gasteiger partial charge on any atom is 0.270 e. The van der Waals surface area contributed by atoms with Crippen LogP contribution in [-0.2, 0) is 0 Å². The Morgan fingerprint density at radius 2 is 2.10 bits per heavy atom. The Morgan fingerprint density at radius 1 is 1.30 bits per heavy atom. The molecule has 100 valence electrons. The van der Waals surface area contributed by atoms with E-state index in [1.165, 1.54) is 12.1 Å². The zero-order valence-corrected chi connectivity index (χ0v) is 12.2. The number of aromatic nitrogens is 2. The predicted molar refractivity (Wildman–Crippen MR) is 79.7 cm³/mol. The van der Waals surface area contributed by atoms with E-state index in [0.717, 1.165) is 21.2 Å². The van der Waals surface area contributed by atoms with E-state index in [4.69, 9.17) is 0 Å². The first-order chi connectivity index (χ1) is 9.54. The summed E-state index contributed by atoms with van der Waals surface area (Å²) in [6.45, 7) is 1.99. The topological polar surface area (TPSA) is 60.4 Å². The molecule has 0 amide bonds. The highest BCUT2D eigenvalue weighted by Gasteiger charge is 2.10. The van der Waals surface area contributed by atoms with Gasteiger partial charge < -0.3 is 4.40 Å². The van der Waals surface area contributed by atoms with Crippen molar-refractivity contribution < 1.29 is 4.92 Å². The normalized spacial score (nSPS) is 10.9. The number of pyridine rings is 1. The molecule has 1 aromatic carbocycles. The maximum absolute atomic E-state index is 10.8. The molecule has 0 spiro atoms. The number of fused-ring (bicyclic) bond motifs is 1. The molecule has 0 aliphatic carbocycles. The minimum atomic E-state index is -0.403. The second-order valence-corrected chi connectivity index (χ2v) is 5.36. The van der Waals surface area contributed by atoms with Gasteiger partial charge in [-0.05, 0) is 34.5 Å². The van der Waals surface area contributed by atoms with Crippen LogP contribution >= 0.6 is 15.9 Å². The molecule has 0 N–H and O–H groups in total. The zero-order chi connectivity index (χ0) is 14.3. The van der Waals surface area contributed by atoms with Gasteiger partial charge in [-0.25, -0.2) is 4.98 Å². The Morgan fingerprint density at radius 3 is 2.85 bits per heavy atom. The van der Waals surface area contributed by atoms with Crippen LogP contribution in [0.2, 0.25) is 0 Å². The van der Waals surface area contributed by atoms with Gasteiger partial charge in [0.25, 0.3) is 5.69 Å². The molecule has 6 heteroatoms. The van der Waals surface area contributed by atoms with E-state index < -0.39 is 4.92 Å². The molecule has 0 fully saturated rings. The minimum absolute atomic E-state index is 0.0666. The van der Waals surface area contributed by atoms with Crippen molar-refractivity contribution >= 4 is 27.3 Å². The van der Waals surface area contributed by atoms with Gasteiger partial charge >= 0.3 is 0 Å². The van der Waals surface area contributed by atoms with Crippen LogP contribution in [-0.4, -0.2) is 14.3 Å². The van der Waals surface area contributed by atoms with Crippen LogP contribution in [0.25, 0.3) is 16.9 Å². The number of imidazole rings is 1. The first-order valence-corrected chi connectivity index (χ1v) is 6.73. The molecule has 3 rings (SSSR count). The van der Waals surface area contributed by atoms with Gasteiger partial charge in [-0.3, -0.25) is 10.1 Å². The molecule has 0 aliphatic heterocycles. The first kappa shape index (κ1) is 12.8. The number of nitro benzene ring substituents is 1. The SMILES string of the molecule is Cc1cc2nc(-c3cccc([N+](=O)[O-])c3)cn2cc1Br. The van der Waals surface area contributed by atoms with Crippen molar-refractivity contribution in [2.45, 2.75) is 6.92 Å². The average molecular weight is 332 g/mol. The monoisotopic (exact) mass is 331 g/mol. The van der Waals surface area contributed by atoms with Crippen LogP contribution in [0.1, 0.15) is 5.56 Å². The second-order valence-electron chi connectivity index (χ2n) is 4.50. The molecule has 0 atom stereocenters. The first-order valence-electron chi connectivity index (χ1n) is 5.94. The Balaban J connectivity index is 2.15. The fraction of sp³-hybridized carbons (Fsp3) is 0.0714. The fourth-order valence-electron chi connectivity index (χ4n) is 2.02. The van der Waals surface area contributed by atoms with Crippen LogP contribution in [0.15, 0.2) is 47.2 Å². The van der Waals surface area contributed by atoms with Crippen LogP contribution < -0.4 is 0 Å². The number of non-ortho nitro benzene ring substituents is 1. The summed E-state index contributed by atoms with van der Waals surface area (Å²) < 4.78 is 2.89. The highest BCUT2D eigenvalue weighted by atomic mass is 79.9. The molecular weight excluding hydrogens is 322 g/mol. The molecule has 0 saturated heterocycles. The molecule has 5 nitrogen and oxygen atoms in total. The summed E-state index contributed by atoms with van der Waals surface area (Å²) >= 11 is 3.47. The van der Waals surface area contributed by atoms with Crippen molar-refractivity contribution in [1.29, 1.82) is 0 Å². The quantitative estimate of drug-likeness (QED) is 0.527. The number of benzene rings is 1. The molecule has 0 unspecified atom stereocenters. The fourth-order valence-corrected chi connectivity index (χ4v) is 2.36. The van der Waals surface area contributed by atoms with E-state index in [1.807, 2.05) is 35.9 Å². The number of nitrogens with zero attached hydrogens (tertiary/aromatic N) is 3. The highest BCUT2D eigenvalue weighted by Crippen LogP contribution is 2.25. The molecule has 0 aliphatic rings. The van der Waals surface area contributed by atoms with Crippen LogP contribution in [0, 0.1) is 17.0 Å². The average Bonchev–Trinajstić information content (AvgIpc) is 2.82. The predicted octanol–water partition coefficient (Wildman–Crippen LogP) is 3.98. The molecule has 2 heterocycles. The van der Waals surface area contributed by atoms with Gasteiger partial charge in [0.05, 0.1) is 10.6 Å². The highest BCUT2D eigenvalue weighted by molar-refractivity contribution is 9.10. The Labute approximate surface area is 123 Å². The Kier molecular flexibility index (Phi) is 3.02.